The number of benzene rings is 1. The Hall–Kier alpha value is -1.90. The van der Waals surface area contributed by atoms with Crippen molar-refractivity contribution in [2.45, 2.75) is 19.1 Å². The van der Waals surface area contributed by atoms with E-state index in [1.54, 1.807) is 12.1 Å². The second kappa shape index (κ2) is 5.83. The highest BCUT2D eigenvalue weighted by Crippen LogP contribution is 2.22. The van der Waals surface area contributed by atoms with Crippen LogP contribution in [0.3, 0.4) is 0 Å². The number of hydrogen-bond acceptors (Lipinski definition) is 4. The largest absolute Gasteiger partial charge is 0.479 e. The van der Waals surface area contributed by atoms with Crippen molar-refractivity contribution in [2.75, 3.05) is 19.7 Å². The fraction of sp³-hybridized carbons (Fsp3) is 0.429. The molecule has 0 amide bonds. The lowest BCUT2D eigenvalue weighted by Gasteiger charge is -2.35. The smallest absolute Gasteiger partial charge is 0.334 e. The molecule has 1 aromatic carbocycles. The summed E-state index contributed by atoms with van der Waals surface area (Å²) in [5, 5.41) is 17.8. The molecular weight excluding hydrogens is 244 g/mol. The van der Waals surface area contributed by atoms with Gasteiger partial charge in [0.2, 0.25) is 0 Å². The van der Waals surface area contributed by atoms with E-state index in [0.29, 0.717) is 25.3 Å². The van der Waals surface area contributed by atoms with Gasteiger partial charge < -0.3 is 9.84 Å². The number of ether oxygens (including phenoxy) is 1. The molecule has 1 aliphatic heterocycles. The van der Waals surface area contributed by atoms with Crippen LogP contribution in [-0.4, -0.2) is 41.8 Å². The third-order valence-corrected chi connectivity index (χ3v) is 3.44. The first-order chi connectivity index (χ1) is 9.11. The van der Waals surface area contributed by atoms with Crippen LogP contribution in [0.15, 0.2) is 24.3 Å². The molecule has 2 atom stereocenters. The normalized spacial score (nSPS) is 21.6. The molecule has 1 heterocycles. The van der Waals surface area contributed by atoms with Gasteiger partial charge in [-0.15, -0.1) is 0 Å². The van der Waals surface area contributed by atoms with Crippen LogP contribution in [0.4, 0.5) is 0 Å². The summed E-state index contributed by atoms with van der Waals surface area (Å²) in [5.74, 6) is -0.920. The summed E-state index contributed by atoms with van der Waals surface area (Å²) in [5.41, 5.74) is 1.70. The second-order valence-corrected chi connectivity index (χ2v) is 4.60. The first-order valence-electron chi connectivity index (χ1n) is 6.20. The zero-order valence-corrected chi connectivity index (χ0v) is 10.7. The van der Waals surface area contributed by atoms with Gasteiger partial charge in [0.1, 0.15) is 0 Å². The molecule has 2 rings (SSSR count). The van der Waals surface area contributed by atoms with Gasteiger partial charge in [0.05, 0.1) is 18.2 Å². The monoisotopic (exact) mass is 260 g/mol. The minimum Gasteiger partial charge on any atom is -0.479 e. The summed E-state index contributed by atoms with van der Waals surface area (Å²) in [6.07, 6.45) is -0.755. The van der Waals surface area contributed by atoms with Crippen molar-refractivity contribution in [2.24, 2.45) is 0 Å². The average Bonchev–Trinajstić information content (AvgIpc) is 2.46. The number of carbonyl (C=O) groups is 1. The maximum Gasteiger partial charge on any atom is 0.334 e. The molecule has 1 saturated heterocycles. The van der Waals surface area contributed by atoms with Gasteiger partial charge in [-0.1, -0.05) is 12.1 Å². The zero-order valence-electron chi connectivity index (χ0n) is 10.7. The molecule has 19 heavy (non-hydrogen) atoms. The highest BCUT2D eigenvalue weighted by Gasteiger charge is 2.29. The molecule has 1 aromatic rings. The fourth-order valence-electron chi connectivity index (χ4n) is 2.22. The van der Waals surface area contributed by atoms with Gasteiger partial charge in [0.15, 0.2) is 6.10 Å². The van der Waals surface area contributed by atoms with Gasteiger partial charge in [-0.2, -0.15) is 5.26 Å². The number of morpholine rings is 1. The lowest BCUT2D eigenvalue weighted by Crippen LogP contribution is -2.46. The topological polar surface area (TPSA) is 73.6 Å². The number of rotatable bonds is 3. The standard InChI is InChI=1S/C14H16N2O3/c1-10(12-4-2-11(8-15)3-5-12)16-6-7-19-13(9-16)14(17)18/h2-5,10,13H,6-7,9H2,1H3,(H,17,18). The van der Waals surface area contributed by atoms with Gasteiger partial charge in [-0.25, -0.2) is 4.79 Å². The quantitative estimate of drug-likeness (QED) is 0.889. The van der Waals surface area contributed by atoms with Crippen LogP contribution in [-0.2, 0) is 9.53 Å². The average molecular weight is 260 g/mol. The Bertz CT molecular complexity index is 492. The number of nitriles is 1. The molecule has 0 radical (unpaired) electrons. The van der Waals surface area contributed by atoms with E-state index in [0.717, 1.165) is 5.56 Å². The molecule has 1 aliphatic rings. The summed E-state index contributed by atoms with van der Waals surface area (Å²) in [4.78, 5) is 13.0. The number of aliphatic carboxylic acids is 1. The van der Waals surface area contributed by atoms with Crippen LogP contribution in [0, 0.1) is 11.3 Å². The Labute approximate surface area is 112 Å². The van der Waals surface area contributed by atoms with Crippen LogP contribution in [0.25, 0.3) is 0 Å². The van der Waals surface area contributed by atoms with E-state index >= 15 is 0 Å². The van der Waals surface area contributed by atoms with Crippen molar-refractivity contribution in [3.63, 3.8) is 0 Å². The Kier molecular flexibility index (Phi) is 4.15. The molecule has 100 valence electrons. The minimum absolute atomic E-state index is 0.110. The Morgan fingerprint density at radius 1 is 1.53 bits per heavy atom. The molecule has 0 bridgehead atoms. The Balaban J connectivity index is 2.07. The Morgan fingerprint density at radius 2 is 2.21 bits per heavy atom. The van der Waals surface area contributed by atoms with Crippen molar-refractivity contribution >= 4 is 5.97 Å². The predicted octanol–water partition coefficient (Wildman–Crippen LogP) is 1.40. The van der Waals surface area contributed by atoms with E-state index in [-0.39, 0.29) is 6.04 Å². The maximum absolute atomic E-state index is 11.0. The van der Waals surface area contributed by atoms with E-state index in [1.807, 2.05) is 19.1 Å². The number of nitrogens with zero attached hydrogens (tertiary/aromatic N) is 2. The van der Waals surface area contributed by atoms with Crippen LogP contribution in [0.1, 0.15) is 24.1 Å². The van der Waals surface area contributed by atoms with Gasteiger partial charge in [-0.05, 0) is 24.6 Å². The van der Waals surface area contributed by atoms with Crippen molar-refractivity contribution in [3.05, 3.63) is 35.4 Å². The maximum atomic E-state index is 11.0. The predicted molar refractivity (Wildman–Crippen MR) is 68.5 cm³/mol. The van der Waals surface area contributed by atoms with Gasteiger partial charge in [0.25, 0.3) is 0 Å². The van der Waals surface area contributed by atoms with Crippen LogP contribution in [0.2, 0.25) is 0 Å². The van der Waals surface area contributed by atoms with Crippen molar-refractivity contribution in [1.82, 2.24) is 4.90 Å². The van der Waals surface area contributed by atoms with Gasteiger partial charge >= 0.3 is 5.97 Å². The van der Waals surface area contributed by atoms with Crippen LogP contribution in [0.5, 0.6) is 0 Å². The number of carboxylic acids is 1. The third kappa shape index (κ3) is 3.11. The molecule has 1 N–H and O–H groups in total. The van der Waals surface area contributed by atoms with E-state index in [2.05, 4.69) is 11.0 Å². The summed E-state index contributed by atoms with van der Waals surface area (Å²) in [7, 11) is 0. The molecule has 0 spiro atoms. The highest BCUT2D eigenvalue weighted by atomic mass is 16.5. The van der Waals surface area contributed by atoms with E-state index in [9.17, 15) is 4.79 Å². The first kappa shape index (κ1) is 13.5. The lowest BCUT2D eigenvalue weighted by molar-refractivity contribution is -0.157. The van der Waals surface area contributed by atoms with Crippen molar-refractivity contribution < 1.29 is 14.6 Å². The summed E-state index contributed by atoms with van der Waals surface area (Å²) in [6.45, 7) is 3.56. The van der Waals surface area contributed by atoms with E-state index < -0.39 is 12.1 Å². The SMILES string of the molecule is CC(c1ccc(C#N)cc1)N1CCOC(C(=O)O)C1. The number of carboxylic acid groups (broad SMARTS) is 1. The summed E-state index contributed by atoms with van der Waals surface area (Å²) >= 11 is 0. The fourth-order valence-corrected chi connectivity index (χ4v) is 2.22. The third-order valence-electron chi connectivity index (χ3n) is 3.44. The molecule has 0 aromatic heterocycles. The summed E-state index contributed by atoms with van der Waals surface area (Å²) < 4.78 is 5.21. The molecule has 0 aliphatic carbocycles. The minimum atomic E-state index is -0.920. The molecule has 0 saturated carbocycles. The first-order valence-corrected chi connectivity index (χ1v) is 6.20. The lowest BCUT2D eigenvalue weighted by atomic mass is 10.0. The summed E-state index contributed by atoms with van der Waals surface area (Å²) in [6, 6.07) is 9.57. The van der Waals surface area contributed by atoms with Crippen LogP contribution >= 0.6 is 0 Å². The van der Waals surface area contributed by atoms with Crippen molar-refractivity contribution in [1.29, 1.82) is 5.26 Å². The molecule has 5 nitrogen and oxygen atoms in total. The molecule has 1 fully saturated rings. The van der Waals surface area contributed by atoms with Crippen LogP contribution < -0.4 is 0 Å². The highest BCUT2D eigenvalue weighted by molar-refractivity contribution is 5.72. The van der Waals surface area contributed by atoms with Gasteiger partial charge in [0, 0.05) is 19.1 Å². The van der Waals surface area contributed by atoms with E-state index in [4.69, 9.17) is 15.1 Å². The van der Waals surface area contributed by atoms with Gasteiger partial charge in [-0.3, -0.25) is 4.90 Å². The second-order valence-electron chi connectivity index (χ2n) is 4.60. The molecular formula is C14H16N2O3. The zero-order chi connectivity index (χ0) is 13.8. The molecule has 2 unspecified atom stereocenters. The van der Waals surface area contributed by atoms with E-state index in [1.165, 1.54) is 0 Å². The van der Waals surface area contributed by atoms with Crippen molar-refractivity contribution in [3.8, 4) is 6.07 Å². The Morgan fingerprint density at radius 3 is 2.79 bits per heavy atom. The molecule has 5 heteroatoms. The number of hydrogen-bond donors (Lipinski definition) is 1.